The largest absolute Gasteiger partial charge is 0.371 e. The van der Waals surface area contributed by atoms with Gasteiger partial charge in [0.05, 0.1) is 6.54 Å². The van der Waals surface area contributed by atoms with Crippen molar-refractivity contribution in [3.63, 3.8) is 0 Å². The molecule has 27 heavy (non-hydrogen) atoms. The molecule has 2 rings (SSSR count). The fraction of sp³-hybridized carbons (Fsp3) is 0.667. The number of rotatable bonds is 9. The van der Waals surface area contributed by atoms with E-state index in [0.717, 1.165) is 63.8 Å². The molecule has 1 aromatic rings. The van der Waals surface area contributed by atoms with E-state index in [2.05, 4.69) is 41.3 Å². The van der Waals surface area contributed by atoms with Crippen LogP contribution < -0.4 is 15.5 Å². The molecule has 2 N–H and O–H groups in total. The SMILES string of the molecule is CCCCN(C)CCN=C(NCC)NC1CCN(c2cccc(F)c2)CC1. The molecule has 0 aromatic heterocycles. The number of anilines is 1. The predicted molar refractivity (Wildman–Crippen MR) is 113 cm³/mol. The highest BCUT2D eigenvalue weighted by molar-refractivity contribution is 5.80. The van der Waals surface area contributed by atoms with Gasteiger partial charge < -0.3 is 20.4 Å². The minimum absolute atomic E-state index is 0.168. The summed E-state index contributed by atoms with van der Waals surface area (Å²) < 4.78 is 13.4. The van der Waals surface area contributed by atoms with Gasteiger partial charge in [-0.3, -0.25) is 4.99 Å². The Morgan fingerprint density at radius 3 is 2.70 bits per heavy atom. The molecule has 0 radical (unpaired) electrons. The van der Waals surface area contributed by atoms with Crippen LogP contribution >= 0.6 is 0 Å². The van der Waals surface area contributed by atoms with Gasteiger partial charge >= 0.3 is 0 Å². The first-order valence-electron chi connectivity index (χ1n) is 10.4. The van der Waals surface area contributed by atoms with Crippen molar-refractivity contribution in [2.24, 2.45) is 4.99 Å². The van der Waals surface area contributed by atoms with Crippen molar-refractivity contribution in [1.82, 2.24) is 15.5 Å². The number of likely N-dealkylation sites (N-methyl/N-ethyl adjacent to an activating group) is 1. The lowest BCUT2D eigenvalue weighted by Crippen LogP contribution is -2.49. The Morgan fingerprint density at radius 2 is 2.04 bits per heavy atom. The van der Waals surface area contributed by atoms with E-state index in [0.29, 0.717) is 6.04 Å². The van der Waals surface area contributed by atoms with E-state index >= 15 is 0 Å². The molecular formula is C21H36FN5. The Hall–Kier alpha value is -1.82. The molecule has 1 saturated heterocycles. The number of aliphatic imine (C=N–C) groups is 1. The molecule has 0 aliphatic carbocycles. The van der Waals surface area contributed by atoms with Gasteiger partial charge in [-0.25, -0.2) is 4.39 Å². The topological polar surface area (TPSA) is 42.9 Å². The van der Waals surface area contributed by atoms with E-state index in [1.54, 1.807) is 12.1 Å². The zero-order valence-electron chi connectivity index (χ0n) is 17.2. The second kappa shape index (κ2) is 11.8. The van der Waals surface area contributed by atoms with Crippen molar-refractivity contribution in [1.29, 1.82) is 0 Å². The summed E-state index contributed by atoms with van der Waals surface area (Å²) >= 11 is 0. The number of piperidine rings is 1. The van der Waals surface area contributed by atoms with Gasteiger partial charge in [-0.1, -0.05) is 19.4 Å². The summed E-state index contributed by atoms with van der Waals surface area (Å²) in [4.78, 5) is 9.33. The van der Waals surface area contributed by atoms with E-state index in [9.17, 15) is 4.39 Å². The lowest BCUT2D eigenvalue weighted by molar-refractivity contribution is 0.337. The maximum absolute atomic E-state index is 13.4. The molecule has 1 aromatic carbocycles. The van der Waals surface area contributed by atoms with Crippen LogP contribution in [0.4, 0.5) is 10.1 Å². The van der Waals surface area contributed by atoms with Crippen LogP contribution in [-0.4, -0.2) is 63.2 Å². The van der Waals surface area contributed by atoms with Gasteiger partial charge in [0.15, 0.2) is 5.96 Å². The molecule has 152 valence electrons. The van der Waals surface area contributed by atoms with Crippen LogP contribution in [0.5, 0.6) is 0 Å². The third-order valence-corrected chi connectivity index (χ3v) is 5.00. The van der Waals surface area contributed by atoms with Crippen molar-refractivity contribution in [2.45, 2.75) is 45.6 Å². The van der Waals surface area contributed by atoms with Gasteiger partial charge in [0.2, 0.25) is 0 Å². The minimum atomic E-state index is -0.168. The molecule has 0 unspecified atom stereocenters. The second-order valence-corrected chi connectivity index (χ2v) is 7.30. The molecule has 0 saturated carbocycles. The third-order valence-electron chi connectivity index (χ3n) is 5.00. The van der Waals surface area contributed by atoms with Crippen LogP contribution in [0.1, 0.15) is 39.5 Å². The fourth-order valence-corrected chi connectivity index (χ4v) is 3.34. The van der Waals surface area contributed by atoms with Crippen LogP contribution in [0, 0.1) is 5.82 Å². The molecule has 6 heteroatoms. The summed E-state index contributed by atoms with van der Waals surface area (Å²) in [6.45, 7) is 9.96. The predicted octanol–water partition coefficient (Wildman–Crippen LogP) is 3.08. The van der Waals surface area contributed by atoms with Crippen LogP contribution in [0.25, 0.3) is 0 Å². The van der Waals surface area contributed by atoms with Gasteiger partial charge in [0.1, 0.15) is 5.82 Å². The molecule has 1 heterocycles. The molecule has 0 spiro atoms. The number of nitrogens with one attached hydrogen (secondary N) is 2. The summed E-state index contributed by atoms with van der Waals surface area (Å²) in [5.41, 5.74) is 0.976. The summed E-state index contributed by atoms with van der Waals surface area (Å²) in [7, 11) is 2.16. The molecule has 0 amide bonds. The van der Waals surface area contributed by atoms with Crippen LogP contribution in [-0.2, 0) is 0 Å². The van der Waals surface area contributed by atoms with E-state index in [-0.39, 0.29) is 5.82 Å². The highest BCUT2D eigenvalue weighted by Crippen LogP contribution is 2.20. The minimum Gasteiger partial charge on any atom is -0.371 e. The van der Waals surface area contributed by atoms with E-state index < -0.39 is 0 Å². The highest BCUT2D eigenvalue weighted by Gasteiger charge is 2.20. The normalized spacial score (nSPS) is 16.0. The first-order valence-corrected chi connectivity index (χ1v) is 10.4. The van der Waals surface area contributed by atoms with Crippen molar-refractivity contribution >= 4 is 11.6 Å². The lowest BCUT2D eigenvalue weighted by atomic mass is 10.0. The molecule has 0 bridgehead atoms. The lowest BCUT2D eigenvalue weighted by Gasteiger charge is -2.34. The van der Waals surface area contributed by atoms with Crippen molar-refractivity contribution in [3.05, 3.63) is 30.1 Å². The maximum Gasteiger partial charge on any atom is 0.191 e. The first-order chi connectivity index (χ1) is 13.1. The Morgan fingerprint density at radius 1 is 1.26 bits per heavy atom. The maximum atomic E-state index is 13.4. The molecule has 5 nitrogen and oxygen atoms in total. The number of hydrogen-bond donors (Lipinski definition) is 2. The molecule has 1 fully saturated rings. The van der Waals surface area contributed by atoms with E-state index in [1.807, 2.05) is 6.07 Å². The molecular weight excluding hydrogens is 341 g/mol. The quantitative estimate of drug-likeness (QED) is 0.513. The smallest absolute Gasteiger partial charge is 0.191 e. The van der Waals surface area contributed by atoms with Crippen molar-refractivity contribution < 1.29 is 4.39 Å². The van der Waals surface area contributed by atoms with Gasteiger partial charge in [-0.05, 0) is 58.0 Å². The number of nitrogens with zero attached hydrogens (tertiary/aromatic N) is 3. The average Bonchev–Trinajstić information content (AvgIpc) is 2.67. The summed E-state index contributed by atoms with van der Waals surface area (Å²) in [5, 5.41) is 6.93. The third kappa shape index (κ3) is 7.75. The Kier molecular flexibility index (Phi) is 9.39. The Balaban J connectivity index is 1.78. The number of guanidine groups is 1. The van der Waals surface area contributed by atoms with Gasteiger partial charge in [0.25, 0.3) is 0 Å². The Labute approximate surface area is 164 Å². The zero-order chi connectivity index (χ0) is 19.5. The number of hydrogen-bond acceptors (Lipinski definition) is 3. The summed E-state index contributed by atoms with van der Waals surface area (Å²) in [6, 6.07) is 7.29. The van der Waals surface area contributed by atoms with Crippen LogP contribution in [0.2, 0.25) is 0 Å². The Bertz CT molecular complexity index is 569. The van der Waals surface area contributed by atoms with E-state index in [4.69, 9.17) is 4.99 Å². The molecule has 1 aliphatic heterocycles. The van der Waals surface area contributed by atoms with Crippen molar-refractivity contribution in [2.75, 3.05) is 51.2 Å². The standard InChI is InChI=1S/C21H36FN5/c1-4-6-13-26(3)16-12-24-21(23-5-2)25-19-10-14-27(15-11-19)20-9-7-8-18(22)17-20/h7-9,17,19H,4-6,10-16H2,1-3H3,(H2,23,24,25). The molecule has 0 atom stereocenters. The summed E-state index contributed by atoms with van der Waals surface area (Å²) in [5.74, 6) is 0.740. The number of unbranched alkanes of at least 4 members (excludes halogenated alkanes) is 1. The molecule has 1 aliphatic rings. The van der Waals surface area contributed by atoms with Gasteiger partial charge in [-0.2, -0.15) is 0 Å². The zero-order valence-corrected chi connectivity index (χ0v) is 17.2. The highest BCUT2D eigenvalue weighted by atomic mass is 19.1. The fourth-order valence-electron chi connectivity index (χ4n) is 3.34. The number of halogens is 1. The van der Waals surface area contributed by atoms with Crippen molar-refractivity contribution in [3.8, 4) is 0 Å². The van der Waals surface area contributed by atoms with Crippen LogP contribution in [0.3, 0.4) is 0 Å². The first kappa shape index (κ1) is 21.5. The number of benzene rings is 1. The average molecular weight is 378 g/mol. The van der Waals surface area contributed by atoms with E-state index in [1.165, 1.54) is 18.9 Å². The van der Waals surface area contributed by atoms with Crippen LogP contribution in [0.15, 0.2) is 29.3 Å². The second-order valence-electron chi connectivity index (χ2n) is 7.30. The van der Waals surface area contributed by atoms with Gasteiger partial charge in [0, 0.05) is 37.9 Å². The summed E-state index contributed by atoms with van der Waals surface area (Å²) in [6.07, 6.45) is 4.52. The monoisotopic (exact) mass is 377 g/mol. The van der Waals surface area contributed by atoms with Gasteiger partial charge in [-0.15, -0.1) is 0 Å².